The summed E-state index contributed by atoms with van der Waals surface area (Å²) >= 11 is 0. The molecule has 0 bridgehead atoms. The lowest BCUT2D eigenvalue weighted by atomic mass is 10.1. The number of carboxylic acid groups (broad SMARTS) is 1. The highest BCUT2D eigenvalue weighted by Crippen LogP contribution is 2.17. The first kappa shape index (κ1) is 14.8. The Bertz CT molecular complexity index is 764. The second-order valence-electron chi connectivity index (χ2n) is 4.69. The van der Waals surface area contributed by atoms with Gasteiger partial charge in [-0.3, -0.25) is 14.4 Å². The van der Waals surface area contributed by atoms with Crippen LogP contribution in [0.25, 0.3) is 10.9 Å². The zero-order valence-electron chi connectivity index (χ0n) is 11.9. The fourth-order valence-electron chi connectivity index (χ4n) is 2.25. The van der Waals surface area contributed by atoms with E-state index in [-0.39, 0.29) is 17.7 Å². The SMILES string of the molecule is CCN(CC(=O)O)C(=O)c1cc(=O)n(C)c2ccccc12. The van der Waals surface area contributed by atoms with Crippen LogP contribution in [0, 0.1) is 0 Å². The number of nitrogens with zero attached hydrogens (tertiary/aromatic N) is 2. The van der Waals surface area contributed by atoms with Gasteiger partial charge in [0.1, 0.15) is 6.54 Å². The Hall–Kier alpha value is -2.63. The topological polar surface area (TPSA) is 79.6 Å². The van der Waals surface area contributed by atoms with Gasteiger partial charge in [-0.05, 0) is 13.0 Å². The van der Waals surface area contributed by atoms with E-state index in [1.54, 1.807) is 38.2 Å². The van der Waals surface area contributed by atoms with Gasteiger partial charge in [0.2, 0.25) is 0 Å². The monoisotopic (exact) mass is 288 g/mol. The van der Waals surface area contributed by atoms with E-state index in [1.165, 1.54) is 15.5 Å². The number of benzene rings is 1. The van der Waals surface area contributed by atoms with Crippen LogP contribution in [0.4, 0.5) is 0 Å². The van der Waals surface area contributed by atoms with Crippen molar-refractivity contribution in [3.63, 3.8) is 0 Å². The van der Waals surface area contributed by atoms with Gasteiger partial charge in [-0.25, -0.2) is 0 Å². The minimum absolute atomic E-state index is 0.233. The van der Waals surface area contributed by atoms with E-state index >= 15 is 0 Å². The summed E-state index contributed by atoms with van der Waals surface area (Å²) in [5.41, 5.74) is 0.569. The predicted molar refractivity (Wildman–Crippen MR) is 78.4 cm³/mol. The number of aromatic nitrogens is 1. The fraction of sp³-hybridized carbons (Fsp3) is 0.267. The Labute approximate surface area is 121 Å². The number of hydrogen-bond donors (Lipinski definition) is 1. The van der Waals surface area contributed by atoms with Crippen molar-refractivity contribution in [2.24, 2.45) is 7.05 Å². The third-order valence-corrected chi connectivity index (χ3v) is 3.38. The molecule has 0 aliphatic carbocycles. The average molecular weight is 288 g/mol. The molecule has 6 heteroatoms. The average Bonchev–Trinajstić information content (AvgIpc) is 2.47. The summed E-state index contributed by atoms with van der Waals surface area (Å²) in [6.07, 6.45) is 0. The molecule has 1 amide bonds. The van der Waals surface area contributed by atoms with E-state index in [2.05, 4.69) is 0 Å². The standard InChI is InChI=1S/C15H16N2O4/c1-3-17(9-14(19)20)15(21)11-8-13(18)16(2)12-7-5-4-6-10(11)12/h4-8H,3,9H2,1-2H3,(H,19,20). The molecule has 0 aliphatic rings. The highest BCUT2D eigenvalue weighted by molar-refractivity contribution is 6.06. The first-order valence-electron chi connectivity index (χ1n) is 6.55. The van der Waals surface area contributed by atoms with Crippen LogP contribution in [0.15, 0.2) is 35.1 Å². The minimum Gasteiger partial charge on any atom is -0.480 e. The summed E-state index contributed by atoms with van der Waals surface area (Å²) in [5.74, 6) is -1.54. The van der Waals surface area contributed by atoms with E-state index in [0.717, 1.165) is 0 Å². The number of likely N-dealkylation sites (N-methyl/N-ethyl adjacent to an activating group) is 1. The third kappa shape index (κ3) is 2.79. The van der Waals surface area contributed by atoms with Crippen LogP contribution < -0.4 is 5.56 Å². The second-order valence-corrected chi connectivity index (χ2v) is 4.69. The predicted octanol–water partition coefficient (Wildman–Crippen LogP) is 1.09. The Morgan fingerprint density at radius 2 is 1.95 bits per heavy atom. The van der Waals surface area contributed by atoms with Crippen LogP contribution in [0.1, 0.15) is 17.3 Å². The first-order chi connectivity index (χ1) is 9.95. The number of fused-ring (bicyclic) bond motifs is 1. The van der Waals surface area contributed by atoms with Crippen molar-refractivity contribution in [1.82, 2.24) is 9.47 Å². The van der Waals surface area contributed by atoms with E-state index in [9.17, 15) is 14.4 Å². The summed E-state index contributed by atoms with van der Waals surface area (Å²) < 4.78 is 1.46. The Balaban J connectivity index is 2.61. The number of carboxylic acids is 1. The van der Waals surface area contributed by atoms with Crippen molar-refractivity contribution in [1.29, 1.82) is 0 Å². The summed E-state index contributed by atoms with van der Waals surface area (Å²) in [6, 6.07) is 8.31. The summed E-state index contributed by atoms with van der Waals surface area (Å²) in [4.78, 5) is 36.5. The number of carbonyl (C=O) groups excluding carboxylic acids is 1. The Kier molecular flexibility index (Phi) is 4.07. The van der Waals surface area contributed by atoms with Crippen LogP contribution in [-0.4, -0.2) is 39.5 Å². The molecular formula is C15H16N2O4. The summed E-state index contributed by atoms with van der Waals surface area (Å²) in [7, 11) is 1.63. The largest absolute Gasteiger partial charge is 0.480 e. The Morgan fingerprint density at radius 3 is 2.57 bits per heavy atom. The van der Waals surface area contributed by atoms with Crippen molar-refractivity contribution in [2.75, 3.05) is 13.1 Å². The van der Waals surface area contributed by atoms with Gasteiger partial charge in [-0.1, -0.05) is 18.2 Å². The van der Waals surface area contributed by atoms with Gasteiger partial charge in [0.15, 0.2) is 0 Å². The lowest BCUT2D eigenvalue weighted by molar-refractivity contribution is -0.137. The molecule has 0 saturated carbocycles. The quantitative estimate of drug-likeness (QED) is 0.913. The molecule has 1 aromatic carbocycles. The first-order valence-corrected chi connectivity index (χ1v) is 6.55. The van der Waals surface area contributed by atoms with Crippen molar-refractivity contribution in [2.45, 2.75) is 6.92 Å². The molecule has 1 N–H and O–H groups in total. The number of pyridine rings is 1. The Morgan fingerprint density at radius 1 is 1.29 bits per heavy atom. The molecule has 21 heavy (non-hydrogen) atoms. The molecule has 0 fully saturated rings. The van der Waals surface area contributed by atoms with Gasteiger partial charge >= 0.3 is 5.97 Å². The highest BCUT2D eigenvalue weighted by atomic mass is 16.4. The molecule has 0 aliphatic heterocycles. The molecule has 0 unspecified atom stereocenters. The maximum Gasteiger partial charge on any atom is 0.323 e. The van der Waals surface area contributed by atoms with Crippen molar-refractivity contribution >= 4 is 22.8 Å². The van der Waals surface area contributed by atoms with Crippen molar-refractivity contribution < 1.29 is 14.7 Å². The third-order valence-electron chi connectivity index (χ3n) is 3.38. The molecule has 2 rings (SSSR count). The molecule has 1 heterocycles. The molecule has 0 radical (unpaired) electrons. The molecule has 0 atom stereocenters. The smallest absolute Gasteiger partial charge is 0.323 e. The lowest BCUT2D eigenvalue weighted by Crippen LogP contribution is -2.36. The number of para-hydroxylation sites is 1. The maximum absolute atomic E-state index is 12.5. The number of rotatable bonds is 4. The number of aliphatic carboxylic acids is 1. The van der Waals surface area contributed by atoms with Crippen molar-refractivity contribution in [3.05, 3.63) is 46.2 Å². The van der Waals surface area contributed by atoms with E-state index in [0.29, 0.717) is 10.9 Å². The van der Waals surface area contributed by atoms with Crippen LogP contribution in [0.5, 0.6) is 0 Å². The number of aryl methyl sites for hydroxylation is 1. The van der Waals surface area contributed by atoms with E-state index in [1.807, 2.05) is 0 Å². The maximum atomic E-state index is 12.5. The van der Waals surface area contributed by atoms with Crippen molar-refractivity contribution in [3.8, 4) is 0 Å². The van der Waals surface area contributed by atoms with Gasteiger partial charge in [-0.15, -0.1) is 0 Å². The molecule has 0 spiro atoms. The van der Waals surface area contributed by atoms with Crippen LogP contribution in [0.2, 0.25) is 0 Å². The van der Waals surface area contributed by atoms with E-state index in [4.69, 9.17) is 5.11 Å². The second kappa shape index (κ2) is 5.78. The normalized spacial score (nSPS) is 10.6. The van der Waals surface area contributed by atoms with Crippen LogP contribution in [-0.2, 0) is 11.8 Å². The van der Waals surface area contributed by atoms with Gasteiger partial charge < -0.3 is 14.6 Å². The number of carbonyl (C=O) groups is 2. The number of hydrogen-bond acceptors (Lipinski definition) is 3. The molecule has 110 valence electrons. The van der Waals surface area contributed by atoms with E-state index < -0.39 is 18.4 Å². The molecular weight excluding hydrogens is 272 g/mol. The summed E-state index contributed by atoms with van der Waals surface area (Å²) in [6.45, 7) is 1.57. The van der Waals surface area contributed by atoms with Crippen LogP contribution >= 0.6 is 0 Å². The minimum atomic E-state index is -1.08. The lowest BCUT2D eigenvalue weighted by Gasteiger charge is -2.20. The highest BCUT2D eigenvalue weighted by Gasteiger charge is 2.20. The number of amides is 1. The molecule has 2 aromatic rings. The molecule has 6 nitrogen and oxygen atoms in total. The van der Waals surface area contributed by atoms with Crippen LogP contribution in [0.3, 0.4) is 0 Å². The zero-order valence-corrected chi connectivity index (χ0v) is 11.9. The van der Waals surface area contributed by atoms with Gasteiger partial charge in [0.05, 0.1) is 11.1 Å². The summed E-state index contributed by atoms with van der Waals surface area (Å²) in [5, 5.41) is 9.50. The van der Waals surface area contributed by atoms with Gasteiger partial charge in [-0.2, -0.15) is 0 Å². The fourth-order valence-corrected chi connectivity index (χ4v) is 2.25. The molecule has 0 saturated heterocycles. The van der Waals surface area contributed by atoms with Gasteiger partial charge in [0.25, 0.3) is 11.5 Å². The zero-order chi connectivity index (χ0) is 15.6. The van der Waals surface area contributed by atoms with Gasteiger partial charge in [0, 0.05) is 25.0 Å². The molecule has 1 aromatic heterocycles.